The van der Waals surface area contributed by atoms with Gasteiger partial charge in [0.05, 0.1) is 19.1 Å². The van der Waals surface area contributed by atoms with Gasteiger partial charge in [-0.2, -0.15) is 0 Å². The minimum atomic E-state index is -3.79. The first kappa shape index (κ1) is 27.2. The smallest absolute Gasteiger partial charge is 0.244 e. The molecular formula is C25H35N3O5S. The Labute approximate surface area is 202 Å². The number of methoxy groups -OCH3 is 1. The highest BCUT2D eigenvalue weighted by Crippen LogP contribution is 2.24. The molecule has 2 aromatic carbocycles. The molecule has 0 saturated heterocycles. The summed E-state index contributed by atoms with van der Waals surface area (Å²) >= 11 is 0. The van der Waals surface area contributed by atoms with Crippen molar-refractivity contribution >= 4 is 27.5 Å². The van der Waals surface area contributed by atoms with Gasteiger partial charge in [-0.1, -0.05) is 42.8 Å². The largest absolute Gasteiger partial charge is 0.497 e. The quantitative estimate of drug-likeness (QED) is 0.523. The second kappa shape index (κ2) is 11.9. The lowest BCUT2D eigenvalue weighted by Crippen LogP contribution is -2.53. The lowest BCUT2D eigenvalue weighted by Gasteiger charge is -2.33. The van der Waals surface area contributed by atoms with Gasteiger partial charge in [0.15, 0.2) is 0 Å². The van der Waals surface area contributed by atoms with E-state index in [4.69, 9.17) is 4.74 Å². The molecule has 1 N–H and O–H groups in total. The number of hydrogen-bond acceptors (Lipinski definition) is 5. The number of nitrogens with zero attached hydrogens (tertiary/aromatic N) is 2. The molecule has 0 aliphatic carbocycles. The number of sulfonamides is 1. The number of ether oxygens (including phenoxy) is 1. The van der Waals surface area contributed by atoms with Crippen molar-refractivity contribution in [2.75, 3.05) is 24.2 Å². The van der Waals surface area contributed by atoms with Crippen molar-refractivity contribution in [1.29, 1.82) is 0 Å². The molecule has 0 saturated carbocycles. The Morgan fingerprint density at radius 1 is 1.09 bits per heavy atom. The van der Waals surface area contributed by atoms with Gasteiger partial charge in [-0.3, -0.25) is 13.9 Å². The third-order valence-electron chi connectivity index (χ3n) is 5.27. The summed E-state index contributed by atoms with van der Waals surface area (Å²) < 4.78 is 31.5. The normalized spacial score (nSPS) is 12.2. The molecular weight excluding hydrogens is 454 g/mol. The van der Waals surface area contributed by atoms with E-state index in [-0.39, 0.29) is 18.5 Å². The standard InChI is InChI=1S/C25H35N3O5S/c1-7-23(25(30)26-18(2)3)27(16-20-11-8-10-19(4)14-20)24(29)17-28(34(6,31)32)21-12-9-13-22(15-21)33-5/h8-15,18,23H,7,16-17H2,1-6H3,(H,26,30)/t23-/m0/s1. The fourth-order valence-electron chi connectivity index (χ4n) is 3.69. The lowest BCUT2D eigenvalue weighted by atomic mass is 10.1. The number of hydrogen-bond donors (Lipinski definition) is 1. The van der Waals surface area contributed by atoms with E-state index in [1.807, 2.05) is 52.0 Å². The number of aryl methyl sites for hydroxylation is 1. The maximum absolute atomic E-state index is 13.6. The molecule has 34 heavy (non-hydrogen) atoms. The minimum absolute atomic E-state index is 0.0956. The summed E-state index contributed by atoms with van der Waals surface area (Å²) in [5, 5.41) is 2.88. The van der Waals surface area contributed by atoms with Crippen LogP contribution < -0.4 is 14.4 Å². The molecule has 2 rings (SSSR count). The summed E-state index contributed by atoms with van der Waals surface area (Å²) in [4.78, 5) is 28.1. The van der Waals surface area contributed by atoms with Crippen LogP contribution in [-0.2, 0) is 26.2 Å². The van der Waals surface area contributed by atoms with Crippen LogP contribution in [0.4, 0.5) is 5.69 Å². The van der Waals surface area contributed by atoms with Crippen LogP contribution in [0.15, 0.2) is 48.5 Å². The SMILES string of the molecule is CC[C@@H](C(=O)NC(C)C)N(Cc1cccc(C)c1)C(=O)CN(c1cccc(OC)c1)S(C)(=O)=O. The van der Waals surface area contributed by atoms with Crippen molar-refractivity contribution in [2.45, 2.75) is 52.7 Å². The Kier molecular flexibility index (Phi) is 9.49. The van der Waals surface area contributed by atoms with Crippen LogP contribution in [0.2, 0.25) is 0 Å². The van der Waals surface area contributed by atoms with Gasteiger partial charge >= 0.3 is 0 Å². The van der Waals surface area contributed by atoms with E-state index in [1.54, 1.807) is 24.3 Å². The number of nitrogens with one attached hydrogen (secondary N) is 1. The summed E-state index contributed by atoms with van der Waals surface area (Å²) in [5.74, 6) is -0.274. The molecule has 0 fully saturated rings. The first-order valence-electron chi connectivity index (χ1n) is 11.2. The van der Waals surface area contributed by atoms with Gasteiger partial charge in [0.2, 0.25) is 21.8 Å². The number of carbonyl (C=O) groups excluding carboxylic acids is 2. The van der Waals surface area contributed by atoms with Crippen molar-refractivity contribution < 1.29 is 22.7 Å². The number of carbonyl (C=O) groups is 2. The molecule has 0 unspecified atom stereocenters. The first-order chi connectivity index (χ1) is 16.0. The van der Waals surface area contributed by atoms with Gasteiger partial charge in [0, 0.05) is 18.7 Å². The number of amides is 2. The second-order valence-electron chi connectivity index (χ2n) is 8.57. The van der Waals surface area contributed by atoms with Crippen molar-refractivity contribution in [2.24, 2.45) is 0 Å². The highest BCUT2D eigenvalue weighted by atomic mass is 32.2. The Hall–Kier alpha value is -3.07. The summed E-state index contributed by atoms with van der Waals surface area (Å²) in [6.45, 7) is 7.23. The molecule has 9 heteroatoms. The topological polar surface area (TPSA) is 96.0 Å². The summed E-state index contributed by atoms with van der Waals surface area (Å²) in [5.41, 5.74) is 2.19. The average molecular weight is 490 g/mol. The molecule has 0 aromatic heterocycles. The predicted octanol–water partition coefficient (Wildman–Crippen LogP) is 3.10. The van der Waals surface area contributed by atoms with Gasteiger partial charge in [-0.15, -0.1) is 0 Å². The molecule has 2 aromatic rings. The number of benzene rings is 2. The molecule has 0 spiro atoms. The highest BCUT2D eigenvalue weighted by Gasteiger charge is 2.32. The van der Waals surface area contributed by atoms with Gasteiger partial charge in [-0.25, -0.2) is 8.42 Å². The van der Waals surface area contributed by atoms with Crippen LogP contribution in [0.5, 0.6) is 5.75 Å². The zero-order valence-corrected chi connectivity index (χ0v) is 21.6. The van der Waals surface area contributed by atoms with Crippen molar-refractivity contribution in [1.82, 2.24) is 10.2 Å². The third kappa shape index (κ3) is 7.48. The van der Waals surface area contributed by atoms with E-state index < -0.39 is 28.5 Å². The number of rotatable bonds is 11. The van der Waals surface area contributed by atoms with Crippen LogP contribution >= 0.6 is 0 Å². The van der Waals surface area contributed by atoms with Gasteiger partial charge in [0.25, 0.3) is 0 Å². The summed E-state index contributed by atoms with van der Waals surface area (Å²) in [6, 6.07) is 13.3. The molecule has 186 valence electrons. The Morgan fingerprint density at radius 2 is 1.76 bits per heavy atom. The Bertz CT molecular complexity index is 1100. The van der Waals surface area contributed by atoms with Gasteiger partial charge < -0.3 is 15.0 Å². The fraction of sp³-hybridized carbons (Fsp3) is 0.440. The zero-order chi connectivity index (χ0) is 25.5. The minimum Gasteiger partial charge on any atom is -0.497 e. The van der Waals surface area contributed by atoms with E-state index in [0.717, 1.165) is 21.7 Å². The van der Waals surface area contributed by atoms with Crippen LogP contribution in [-0.4, -0.2) is 57.1 Å². The van der Waals surface area contributed by atoms with E-state index in [0.29, 0.717) is 17.9 Å². The van der Waals surface area contributed by atoms with Crippen LogP contribution in [0.1, 0.15) is 38.3 Å². The van der Waals surface area contributed by atoms with Gasteiger partial charge in [-0.05, 0) is 44.9 Å². The molecule has 0 radical (unpaired) electrons. The van der Waals surface area contributed by atoms with E-state index in [1.165, 1.54) is 12.0 Å². The average Bonchev–Trinajstić information content (AvgIpc) is 2.76. The van der Waals surface area contributed by atoms with Crippen LogP contribution in [0.25, 0.3) is 0 Å². The second-order valence-corrected chi connectivity index (χ2v) is 10.5. The van der Waals surface area contributed by atoms with Crippen molar-refractivity contribution in [3.8, 4) is 5.75 Å². The van der Waals surface area contributed by atoms with Gasteiger partial charge in [0.1, 0.15) is 18.3 Å². The van der Waals surface area contributed by atoms with E-state index in [2.05, 4.69) is 5.32 Å². The molecule has 8 nitrogen and oxygen atoms in total. The Balaban J connectivity index is 2.45. The lowest BCUT2D eigenvalue weighted by molar-refractivity contribution is -0.140. The highest BCUT2D eigenvalue weighted by molar-refractivity contribution is 7.92. The van der Waals surface area contributed by atoms with Crippen molar-refractivity contribution in [3.05, 3.63) is 59.7 Å². The fourth-order valence-corrected chi connectivity index (χ4v) is 4.53. The molecule has 2 amide bonds. The molecule has 1 atom stereocenters. The van der Waals surface area contributed by atoms with Crippen molar-refractivity contribution in [3.63, 3.8) is 0 Å². The number of anilines is 1. The molecule has 0 heterocycles. The Morgan fingerprint density at radius 3 is 2.32 bits per heavy atom. The molecule has 0 aliphatic heterocycles. The monoisotopic (exact) mass is 489 g/mol. The molecule has 0 bridgehead atoms. The maximum atomic E-state index is 13.6. The third-order valence-corrected chi connectivity index (χ3v) is 6.41. The van der Waals surface area contributed by atoms with Crippen LogP contribution in [0.3, 0.4) is 0 Å². The zero-order valence-electron chi connectivity index (χ0n) is 20.7. The van der Waals surface area contributed by atoms with E-state index in [9.17, 15) is 18.0 Å². The van der Waals surface area contributed by atoms with Crippen LogP contribution in [0, 0.1) is 6.92 Å². The maximum Gasteiger partial charge on any atom is 0.244 e. The first-order valence-corrected chi connectivity index (χ1v) is 13.1. The van der Waals surface area contributed by atoms with E-state index >= 15 is 0 Å². The predicted molar refractivity (Wildman–Crippen MR) is 134 cm³/mol. The molecule has 0 aliphatic rings. The summed E-state index contributed by atoms with van der Waals surface area (Å²) in [7, 11) is -2.31. The summed E-state index contributed by atoms with van der Waals surface area (Å²) in [6.07, 6.45) is 1.43.